The molecule has 0 nitrogen and oxygen atoms in total. The molecule has 0 unspecified atom stereocenters. The van der Waals surface area contributed by atoms with E-state index in [9.17, 15) is 0 Å². The second kappa shape index (κ2) is 8.30. The zero-order valence-electron chi connectivity index (χ0n) is 20.9. The number of rotatable bonds is 3. The minimum Gasteiger partial charge on any atom is -0.0622 e. The summed E-state index contributed by atoms with van der Waals surface area (Å²) in [6.45, 7) is 0. The van der Waals surface area contributed by atoms with E-state index in [1.165, 1.54) is 77.2 Å². The van der Waals surface area contributed by atoms with E-state index in [-0.39, 0.29) is 0 Å². The molecule has 0 N–H and O–H groups in total. The second-order valence-corrected chi connectivity index (χ2v) is 10.1. The van der Waals surface area contributed by atoms with Crippen LogP contribution < -0.4 is 0 Å². The van der Waals surface area contributed by atoms with Gasteiger partial charge in [-0.05, 0) is 83.2 Å². The summed E-state index contributed by atoms with van der Waals surface area (Å²) in [6.07, 6.45) is 0. The first kappa shape index (κ1) is 21.2. The van der Waals surface area contributed by atoms with Gasteiger partial charge < -0.3 is 0 Å². The summed E-state index contributed by atoms with van der Waals surface area (Å²) in [5.41, 5.74) is 13.0. The van der Waals surface area contributed by atoms with Gasteiger partial charge in [0.1, 0.15) is 0 Å². The zero-order chi connectivity index (χ0) is 25.1. The van der Waals surface area contributed by atoms with Crippen molar-refractivity contribution in [1.82, 2.24) is 0 Å². The lowest BCUT2D eigenvalue weighted by Crippen LogP contribution is -1.90. The summed E-state index contributed by atoms with van der Waals surface area (Å²) in [7, 11) is 0. The average molecular weight is 481 g/mol. The Hall–Kier alpha value is -4.94. The fourth-order valence-electron chi connectivity index (χ4n) is 6.40. The molecule has 0 amide bonds. The molecule has 176 valence electrons. The molecule has 0 radical (unpaired) electrons. The number of hydrogen-bond acceptors (Lipinski definition) is 0. The normalized spacial score (nSPS) is 11.7. The van der Waals surface area contributed by atoms with Crippen molar-refractivity contribution < 1.29 is 0 Å². The molecule has 0 saturated carbocycles. The second-order valence-electron chi connectivity index (χ2n) is 10.1. The topological polar surface area (TPSA) is 0 Å². The van der Waals surface area contributed by atoms with Crippen molar-refractivity contribution in [3.63, 3.8) is 0 Å². The highest BCUT2D eigenvalue weighted by Crippen LogP contribution is 2.56. The van der Waals surface area contributed by atoms with Crippen LogP contribution in [0.25, 0.3) is 77.2 Å². The van der Waals surface area contributed by atoms with Crippen molar-refractivity contribution in [2.24, 2.45) is 0 Å². The SMILES string of the molecule is c1ccc(-c2cc3cccc(-c4ccccc4)c3c3c2-c2cccc4c(-c5ccccc5)ccc-3c24)cc1. The van der Waals surface area contributed by atoms with Crippen LogP contribution >= 0.6 is 0 Å². The van der Waals surface area contributed by atoms with Crippen LogP contribution in [0.15, 0.2) is 146 Å². The lowest BCUT2D eigenvalue weighted by Gasteiger charge is -2.17. The molecule has 0 bridgehead atoms. The Bertz CT molecular complexity index is 1980. The van der Waals surface area contributed by atoms with E-state index in [0.29, 0.717) is 0 Å². The van der Waals surface area contributed by atoms with Gasteiger partial charge in [-0.15, -0.1) is 0 Å². The third-order valence-electron chi connectivity index (χ3n) is 8.00. The van der Waals surface area contributed by atoms with E-state index >= 15 is 0 Å². The van der Waals surface area contributed by atoms with Crippen LogP contribution in [-0.4, -0.2) is 0 Å². The molecule has 0 heterocycles. The summed E-state index contributed by atoms with van der Waals surface area (Å²) < 4.78 is 0. The molecule has 0 spiro atoms. The molecular weight excluding hydrogens is 456 g/mol. The zero-order valence-corrected chi connectivity index (χ0v) is 20.9. The van der Waals surface area contributed by atoms with Crippen molar-refractivity contribution in [2.75, 3.05) is 0 Å². The van der Waals surface area contributed by atoms with Gasteiger partial charge in [0.05, 0.1) is 0 Å². The van der Waals surface area contributed by atoms with Crippen LogP contribution in [0.2, 0.25) is 0 Å². The fraction of sp³-hybridized carbons (Fsp3) is 0. The molecule has 0 aromatic heterocycles. The lowest BCUT2D eigenvalue weighted by molar-refractivity contribution is 1.62. The molecule has 0 heteroatoms. The van der Waals surface area contributed by atoms with Gasteiger partial charge in [-0.25, -0.2) is 0 Å². The number of hydrogen-bond donors (Lipinski definition) is 0. The van der Waals surface area contributed by atoms with Gasteiger partial charge >= 0.3 is 0 Å². The number of fused-ring (bicyclic) bond motifs is 5. The van der Waals surface area contributed by atoms with Crippen LogP contribution in [0.3, 0.4) is 0 Å². The summed E-state index contributed by atoms with van der Waals surface area (Å²) >= 11 is 0. The summed E-state index contributed by atoms with van der Waals surface area (Å²) in [4.78, 5) is 0. The largest absolute Gasteiger partial charge is 0.0622 e. The predicted molar refractivity (Wildman–Crippen MR) is 162 cm³/mol. The molecule has 1 aliphatic rings. The van der Waals surface area contributed by atoms with E-state index in [0.717, 1.165) is 0 Å². The fourth-order valence-corrected chi connectivity index (χ4v) is 6.40. The highest BCUT2D eigenvalue weighted by atomic mass is 14.3. The van der Waals surface area contributed by atoms with Crippen LogP contribution in [0, 0.1) is 0 Å². The average Bonchev–Trinajstić information content (AvgIpc) is 3.34. The van der Waals surface area contributed by atoms with E-state index in [2.05, 4.69) is 146 Å². The van der Waals surface area contributed by atoms with Gasteiger partial charge in [0.15, 0.2) is 0 Å². The van der Waals surface area contributed by atoms with Crippen LogP contribution in [0.4, 0.5) is 0 Å². The summed E-state index contributed by atoms with van der Waals surface area (Å²) in [6, 6.07) is 53.1. The van der Waals surface area contributed by atoms with E-state index in [1.807, 2.05) is 0 Å². The first-order chi connectivity index (χ1) is 18.9. The van der Waals surface area contributed by atoms with Gasteiger partial charge in [-0.3, -0.25) is 0 Å². The maximum absolute atomic E-state index is 2.40. The first-order valence-electron chi connectivity index (χ1n) is 13.2. The summed E-state index contributed by atoms with van der Waals surface area (Å²) in [5, 5.41) is 5.28. The predicted octanol–water partition coefficient (Wildman–Crippen LogP) is 10.6. The molecule has 38 heavy (non-hydrogen) atoms. The molecular formula is C38H24. The monoisotopic (exact) mass is 480 g/mol. The van der Waals surface area contributed by atoms with Crippen LogP contribution in [0.5, 0.6) is 0 Å². The molecule has 7 aromatic rings. The van der Waals surface area contributed by atoms with Gasteiger partial charge in [-0.1, -0.05) is 140 Å². The maximum Gasteiger partial charge on any atom is -0.000763 e. The van der Waals surface area contributed by atoms with Crippen molar-refractivity contribution >= 4 is 21.5 Å². The third kappa shape index (κ3) is 3.04. The first-order valence-corrected chi connectivity index (χ1v) is 13.2. The quantitative estimate of drug-likeness (QED) is 0.236. The number of benzene rings is 7. The third-order valence-corrected chi connectivity index (χ3v) is 8.00. The minimum atomic E-state index is 1.25. The van der Waals surface area contributed by atoms with Gasteiger partial charge in [0.25, 0.3) is 0 Å². The van der Waals surface area contributed by atoms with Crippen molar-refractivity contribution in [2.45, 2.75) is 0 Å². The molecule has 0 fully saturated rings. The van der Waals surface area contributed by atoms with E-state index in [4.69, 9.17) is 0 Å². The van der Waals surface area contributed by atoms with Gasteiger partial charge in [0.2, 0.25) is 0 Å². The van der Waals surface area contributed by atoms with Crippen LogP contribution in [0.1, 0.15) is 0 Å². The van der Waals surface area contributed by atoms with Gasteiger partial charge in [0, 0.05) is 0 Å². The highest BCUT2D eigenvalue weighted by molar-refractivity contribution is 6.27. The minimum absolute atomic E-state index is 1.25. The maximum atomic E-state index is 2.40. The standard InChI is InChI=1S/C38H24/c1-4-12-25(13-5-1)29-22-23-33-36-31(29)20-11-21-32(36)37-34(27-16-8-3-9-17-27)24-28-18-10-19-30(35(28)38(33)37)26-14-6-2-7-15-26/h1-24H. The Labute approximate surface area is 222 Å². The Kier molecular flexibility index (Phi) is 4.62. The molecule has 0 atom stereocenters. The van der Waals surface area contributed by atoms with Crippen molar-refractivity contribution in [1.29, 1.82) is 0 Å². The van der Waals surface area contributed by atoms with Crippen molar-refractivity contribution in [3.05, 3.63) is 146 Å². The van der Waals surface area contributed by atoms with Crippen molar-refractivity contribution in [3.8, 4) is 55.6 Å². The Balaban J connectivity index is 1.55. The van der Waals surface area contributed by atoms with Gasteiger partial charge in [-0.2, -0.15) is 0 Å². The molecule has 7 aromatic carbocycles. The highest BCUT2D eigenvalue weighted by Gasteiger charge is 2.29. The van der Waals surface area contributed by atoms with Crippen LogP contribution in [-0.2, 0) is 0 Å². The van der Waals surface area contributed by atoms with E-state index < -0.39 is 0 Å². The molecule has 8 rings (SSSR count). The smallest absolute Gasteiger partial charge is 0.000763 e. The Morgan fingerprint density at radius 3 is 1.50 bits per heavy atom. The molecule has 0 aliphatic heterocycles. The lowest BCUT2D eigenvalue weighted by atomic mass is 9.86. The molecule has 0 saturated heterocycles. The molecule has 1 aliphatic carbocycles. The van der Waals surface area contributed by atoms with E-state index in [1.54, 1.807) is 0 Å². The Morgan fingerprint density at radius 1 is 0.289 bits per heavy atom. The Morgan fingerprint density at radius 2 is 0.816 bits per heavy atom. The summed E-state index contributed by atoms with van der Waals surface area (Å²) in [5.74, 6) is 0.